The smallest absolute Gasteiger partial charge is 0.337 e. The van der Waals surface area contributed by atoms with Crippen molar-refractivity contribution >= 4 is 21.9 Å². The van der Waals surface area contributed by atoms with E-state index in [1.165, 1.54) is 7.11 Å². The molecule has 4 nitrogen and oxygen atoms in total. The lowest BCUT2D eigenvalue weighted by atomic mass is 10.1. The van der Waals surface area contributed by atoms with Crippen LogP contribution in [-0.4, -0.2) is 23.3 Å². The number of benzene rings is 1. The maximum atomic E-state index is 10.6. The summed E-state index contributed by atoms with van der Waals surface area (Å²) < 4.78 is 5.74. The Labute approximate surface area is 95.6 Å². The molecular weight excluding hydrogens is 264 g/mol. The van der Waals surface area contributed by atoms with E-state index in [9.17, 15) is 9.90 Å². The third kappa shape index (κ3) is 2.49. The van der Waals surface area contributed by atoms with Crippen molar-refractivity contribution in [2.45, 2.75) is 13.0 Å². The predicted molar refractivity (Wildman–Crippen MR) is 58.0 cm³/mol. The average molecular weight is 275 g/mol. The van der Waals surface area contributed by atoms with Gasteiger partial charge in [0.1, 0.15) is 5.75 Å². The van der Waals surface area contributed by atoms with Crippen molar-refractivity contribution in [1.82, 2.24) is 0 Å². The van der Waals surface area contributed by atoms with Gasteiger partial charge in [-0.1, -0.05) is 15.9 Å². The standard InChI is InChI=1S/C10H11BrO4/c1-5-3-8(15-2)6(4-7(5)11)9(12)10(13)14/h3-4,9,12H,1-2H3,(H,13,14). The molecule has 1 unspecified atom stereocenters. The van der Waals surface area contributed by atoms with Gasteiger partial charge in [-0.05, 0) is 24.6 Å². The molecule has 1 aromatic rings. The molecule has 0 radical (unpaired) electrons. The quantitative estimate of drug-likeness (QED) is 0.883. The first-order valence-corrected chi connectivity index (χ1v) is 5.01. The number of aliphatic hydroxyl groups is 1. The first-order chi connectivity index (χ1) is 6.97. The second kappa shape index (κ2) is 4.63. The van der Waals surface area contributed by atoms with Crippen LogP contribution >= 0.6 is 15.9 Å². The summed E-state index contributed by atoms with van der Waals surface area (Å²) in [5.74, 6) is -0.936. The fraction of sp³-hybridized carbons (Fsp3) is 0.300. The zero-order valence-electron chi connectivity index (χ0n) is 8.32. The monoisotopic (exact) mass is 274 g/mol. The van der Waals surface area contributed by atoms with Crippen LogP contribution < -0.4 is 4.74 Å². The topological polar surface area (TPSA) is 66.8 Å². The molecular formula is C10H11BrO4. The minimum Gasteiger partial charge on any atom is -0.496 e. The van der Waals surface area contributed by atoms with Crippen LogP contribution in [0.2, 0.25) is 0 Å². The van der Waals surface area contributed by atoms with Gasteiger partial charge in [-0.2, -0.15) is 0 Å². The molecule has 0 saturated carbocycles. The summed E-state index contributed by atoms with van der Waals surface area (Å²) in [6, 6.07) is 3.22. The minimum atomic E-state index is -1.57. The van der Waals surface area contributed by atoms with E-state index in [0.717, 1.165) is 10.0 Å². The summed E-state index contributed by atoms with van der Waals surface area (Å²) in [5, 5.41) is 18.1. The summed E-state index contributed by atoms with van der Waals surface area (Å²) in [7, 11) is 1.43. The van der Waals surface area contributed by atoms with Gasteiger partial charge in [0.05, 0.1) is 7.11 Å². The number of halogens is 1. The number of rotatable bonds is 3. The second-order valence-electron chi connectivity index (χ2n) is 3.08. The Morgan fingerprint density at radius 3 is 2.60 bits per heavy atom. The average Bonchev–Trinajstić information content (AvgIpc) is 2.20. The SMILES string of the molecule is COc1cc(C)c(Br)cc1C(O)C(=O)O. The summed E-state index contributed by atoms with van der Waals surface area (Å²) in [6.07, 6.45) is -1.57. The van der Waals surface area contributed by atoms with Gasteiger partial charge in [0.15, 0.2) is 6.10 Å². The fourth-order valence-corrected chi connectivity index (χ4v) is 1.55. The maximum Gasteiger partial charge on any atom is 0.337 e. The largest absolute Gasteiger partial charge is 0.496 e. The number of hydrogen-bond acceptors (Lipinski definition) is 3. The predicted octanol–water partition coefficient (Wildman–Crippen LogP) is 1.88. The Kier molecular flexibility index (Phi) is 3.71. The molecule has 0 bridgehead atoms. The second-order valence-corrected chi connectivity index (χ2v) is 3.94. The number of aliphatic carboxylic acids is 1. The number of carboxylic acids is 1. The molecule has 0 fully saturated rings. The van der Waals surface area contributed by atoms with Gasteiger partial charge in [0.2, 0.25) is 0 Å². The van der Waals surface area contributed by atoms with Crippen LogP contribution in [-0.2, 0) is 4.79 Å². The normalized spacial score (nSPS) is 12.3. The van der Waals surface area contributed by atoms with Gasteiger partial charge in [-0.3, -0.25) is 0 Å². The Hall–Kier alpha value is -1.07. The summed E-state index contributed by atoms with van der Waals surface area (Å²) >= 11 is 3.27. The summed E-state index contributed by atoms with van der Waals surface area (Å²) in [5.41, 5.74) is 1.15. The number of hydrogen-bond donors (Lipinski definition) is 2. The molecule has 5 heteroatoms. The summed E-state index contributed by atoms with van der Waals surface area (Å²) in [6.45, 7) is 1.85. The molecule has 1 rings (SSSR count). The first-order valence-electron chi connectivity index (χ1n) is 4.22. The Bertz CT molecular complexity index is 389. The molecule has 0 amide bonds. The van der Waals surface area contributed by atoms with Gasteiger partial charge in [0, 0.05) is 10.0 Å². The van der Waals surface area contributed by atoms with Crippen molar-refractivity contribution in [3.8, 4) is 5.75 Å². The highest BCUT2D eigenvalue weighted by Crippen LogP contribution is 2.31. The number of aryl methyl sites for hydroxylation is 1. The van der Waals surface area contributed by atoms with Gasteiger partial charge in [-0.15, -0.1) is 0 Å². The van der Waals surface area contributed by atoms with Crippen LogP contribution in [0.1, 0.15) is 17.2 Å². The molecule has 0 heterocycles. The zero-order chi connectivity index (χ0) is 11.6. The molecule has 1 aromatic carbocycles. The Morgan fingerprint density at radius 1 is 1.53 bits per heavy atom. The molecule has 0 aromatic heterocycles. The van der Waals surface area contributed by atoms with Gasteiger partial charge < -0.3 is 14.9 Å². The molecule has 0 aliphatic heterocycles. The lowest BCUT2D eigenvalue weighted by Crippen LogP contribution is -2.12. The molecule has 82 valence electrons. The number of ether oxygens (including phenoxy) is 1. The lowest BCUT2D eigenvalue weighted by molar-refractivity contribution is -0.147. The molecule has 15 heavy (non-hydrogen) atoms. The highest BCUT2D eigenvalue weighted by molar-refractivity contribution is 9.10. The Morgan fingerprint density at radius 2 is 2.13 bits per heavy atom. The molecule has 0 saturated heterocycles. The molecule has 0 aliphatic carbocycles. The highest BCUT2D eigenvalue weighted by Gasteiger charge is 2.21. The van der Waals surface area contributed by atoms with Crippen molar-refractivity contribution in [3.63, 3.8) is 0 Å². The van der Waals surface area contributed by atoms with E-state index in [1.54, 1.807) is 12.1 Å². The number of carbonyl (C=O) groups is 1. The number of carboxylic acid groups (broad SMARTS) is 1. The summed E-state index contributed by atoms with van der Waals surface area (Å²) in [4.78, 5) is 10.6. The molecule has 2 N–H and O–H groups in total. The van der Waals surface area contributed by atoms with Crippen LogP contribution in [0.15, 0.2) is 16.6 Å². The van der Waals surface area contributed by atoms with Crippen molar-refractivity contribution in [3.05, 3.63) is 27.7 Å². The number of methoxy groups -OCH3 is 1. The third-order valence-electron chi connectivity index (χ3n) is 2.04. The van der Waals surface area contributed by atoms with Crippen LogP contribution in [0.25, 0.3) is 0 Å². The van der Waals surface area contributed by atoms with E-state index in [-0.39, 0.29) is 5.56 Å². The lowest BCUT2D eigenvalue weighted by Gasteiger charge is -2.13. The molecule has 1 atom stereocenters. The van der Waals surface area contributed by atoms with Crippen LogP contribution in [0.5, 0.6) is 5.75 Å². The molecule has 0 aliphatic rings. The maximum absolute atomic E-state index is 10.6. The van der Waals surface area contributed by atoms with Gasteiger partial charge >= 0.3 is 5.97 Å². The highest BCUT2D eigenvalue weighted by atomic mass is 79.9. The number of aliphatic hydroxyl groups excluding tert-OH is 1. The van der Waals surface area contributed by atoms with Crippen molar-refractivity contribution in [2.24, 2.45) is 0 Å². The van der Waals surface area contributed by atoms with E-state index < -0.39 is 12.1 Å². The van der Waals surface area contributed by atoms with Gasteiger partial charge in [0.25, 0.3) is 0 Å². The third-order valence-corrected chi connectivity index (χ3v) is 2.89. The van der Waals surface area contributed by atoms with E-state index in [0.29, 0.717) is 5.75 Å². The van der Waals surface area contributed by atoms with Crippen LogP contribution in [0.3, 0.4) is 0 Å². The van der Waals surface area contributed by atoms with E-state index in [2.05, 4.69) is 15.9 Å². The van der Waals surface area contributed by atoms with E-state index >= 15 is 0 Å². The van der Waals surface area contributed by atoms with Gasteiger partial charge in [-0.25, -0.2) is 4.79 Å². The van der Waals surface area contributed by atoms with Crippen molar-refractivity contribution in [2.75, 3.05) is 7.11 Å². The van der Waals surface area contributed by atoms with Crippen LogP contribution in [0, 0.1) is 6.92 Å². The van der Waals surface area contributed by atoms with E-state index in [4.69, 9.17) is 9.84 Å². The van der Waals surface area contributed by atoms with Crippen LogP contribution in [0.4, 0.5) is 0 Å². The zero-order valence-corrected chi connectivity index (χ0v) is 9.91. The Balaban J connectivity index is 3.27. The first kappa shape index (κ1) is 12.0. The van der Waals surface area contributed by atoms with E-state index in [1.807, 2.05) is 6.92 Å². The molecule has 0 spiro atoms. The minimum absolute atomic E-state index is 0.238. The van der Waals surface area contributed by atoms with Crippen molar-refractivity contribution < 1.29 is 19.7 Å². The van der Waals surface area contributed by atoms with Crippen molar-refractivity contribution in [1.29, 1.82) is 0 Å². The fourth-order valence-electron chi connectivity index (χ4n) is 1.19.